The zero-order valence-electron chi connectivity index (χ0n) is 20.0. The number of nitriles is 1. The number of thiazole rings is 1. The van der Waals surface area contributed by atoms with Gasteiger partial charge in [-0.2, -0.15) is 5.26 Å². The van der Waals surface area contributed by atoms with Gasteiger partial charge in [0.15, 0.2) is 5.13 Å². The molecule has 1 saturated heterocycles. The fourth-order valence-electron chi connectivity index (χ4n) is 3.94. The third-order valence-corrected chi connectivity index (χ3v) is 6.41. The summed E-state index contributed by atoms with van der Waals surface area (Å²) in [6.45, 7) is 9.31. The molecule has 3 heterocycles. The number of hydrogen-bond donors (Lipinski definition) is 1. The average molecular weight is 487 g/mol. The molecule has 34 heavy (non-hydrogen) atoms. The molecule has 1 amide bonds. The first-order valence-electron chi connectivity index (χ1n) is 11.9. The molecule has 3 rings (SSSR count). The highest BCUT2D eigenvalue weighted by Gasteiger charge is 2.23. The van der Waals surface area contributed by atoms with E-state index >= 15 is 0 Å². The van der Waals surface area contributed by atoms with E-state index in [2.05, 4.69) is 21.3 Å². The Kier molecular flexibility index (Phi) is 10.7. The lowest BCUT2D eigenvalue weighted by molar-refractivity contribution is 0.0546. The number of ether oxygens (including phenoxy) is 2. The first kappa shape index (κ1) is 26.0. The van der Waals surface area contributed by atoms with E-state index in [0.29, 0.717) is 68.6 Å². The number of rotatable bonds is 13. The van der Waals surface area contributed by atoms with Crippen LogP contribution in [0.2, 0.25) is 0 Å². The van der Waals surface area contributed by atoms with Gasteiger partial charge >= 0.3 is 0 Å². The lowest BCUT2D eigenvalue weighted by atomic mass is 9.94. The van der Waals surface area contributed by atoms with Gasteiger partial charge in [0.25, 0.3) is 5.91 Å². The van der Waals surface area contributed by atoms with E-state index in [1.165, 1.54) is 11.3 Å². The Bertz CT molecular complexity index is 937. The summed E-state index contributed by atoms with van der Waals surface area (Å²) in [5.74, 6) is 0.875. The fraction of sp³-hybridized carbons (Fsp3) is 0.583. The van der Waals surface area contributed by atoms with Crippen molar-refractivity contribution in [3.05, 3.63) is 35.0 Å². The predicted octanol–water partition coefficient (Wildman–Crippen LogP) is 3.50. The highest BCUT2D eigenvalue weighted by molar-refractivity contribution is 7.14. The van der Waals surface area contributed by atoms with Crippen LogP contribution >= 0.6 is 11.3 Å². The second-order valence-electron chi connectivity index (χ2n) is 8.03. The van der Waals surface area contributed by atoms with Crippen molar-refractivity contribution in [2.75, 3.05) is 64.5 Å². The number of aromatic nitrogens is 2. The average Bonchev–Trinajstić information content (AvgIpc) is 3.32. The Balaban J connectivity index is 1.63. The van der Waals surface area contributed by atoms with Crippen molar-refractivity contribution in [1.82, 2.24) is 19.8 Å². The molecule has 0 aliphatic carbocycles. The Labute approximate surface area is 205 Å². The molecular formula is C24H34N6O3S. The minimum atomic E-state index is -0.134. The van der Waals surface area contributed by atoms with E-state index < -0.39 is 0 Å². The molecule has 2 aromatic heterocycles. The fourth-order valence-corrected chi connectivity index (χ4v) is 4.63. The maximum absolute atomic E-state index is 13.0. The van der Waals surface area contributed by atoms with Crippen LogP contribution in [0.5, 0.6) is 0 Å². The van der Waals surface area contributed by atoms with Crippen LogP contribution in [0.4, 0.5) is 10.9 Å². The number of nitrogens with one attached hydrogen (secondary N) is 1. The molecule has 1 unspecified atom stereocenters. The highest BCUT2D eigenvalue weighted by Crippen LogP contribution is 2.27. The van der Waals surface area contributed by atoms with Crippen LogP contribution in [-0.2, 0) is 9.47 Å². The van der Waals surface area contributed by atoms with E-state index in [0.717, 1.165) is 31.6 Å². The summed E-state index contributed by atoms with van der Waals surface area (Å²) in [6.07, 6.45) is 2.13. The smallest absolute Gasteiger partial charge is 0.273 e. The van der Waals surface area contributed by atoms with Gasteiger partial charge in [0.2, 0.25) is 0 Å². The molecule has 2 aromatic rings. The van der Waals surface area contributed by atoms with Gasteiger partial charge < -0.3 is 19.7 Å². The molecule has 1 fully saturated rings. The van der Waals surface area contributed by atoms with Crippen LogP contribution < -0.4 is 5.32 Å². The molecule has 0 bridgehead atoms. The highest BCUT2D eigenvalue weighted by atomic mass is 32.1. The van der Waals surface area contributed by atoms with Crippen molar-refractivity contribution < 1.29 is 14.3 Å². The lowest BCUT2D eigenvalue weighted by Crippen LogP contribution is -2.37. The van der Waals surface area contributed by atoms with Crippen LogP contribution in [0.3, 0.4) is 0 Å². The molecule has 0 radical (unpaired) electrons. The standard InChI is InChI=1S/C24H34N6O3S/c1-3-32-15-13-30(14-16-33-4-2)23(31)21-18-34-24(27-21)28-22-9-5-8-20(26-22)19-7-6-11-29(17-19)12-10-25/h5,8-9,18-19H,3-4,6-7,11-17H2,1-2H3,(H,26,27,28). The summed E-state index contributed by atoms with van der Waals surface area (Å²) in [7, 11) is 0. The second kappa shape index (κ2) is 14.0. The van der Waals surface area contributed by atoms with Crippen molar-refractivity contribution in [1.29, 1.82) is 5.26 Å². The quantitative estimate of drug-likeness (QED) is 0.339. The van der Waals surface area contributed by atoms with Crippen molar-refractivity contribution >= 4 is 28.2 Å². The number of carbonyl (C=O) groups excluding carboxylic acids is 1. The molecule has 1 aliphatic rings. The summed E-state index contributed by atoms with van der Waals surface area (Å²) in [5.41, 5.74) is 1.41. The van der Waals surface area contributed by atoms with Crippen LogP contribution in [0.25, 0.3) is 0 Å². The molecule has 0 aromatic carbocycles. The Morgan fingerprint density at radius 2 is 2.03 bits per heavy atom. The summed E-state index contributed by atoms with van der Waals surface area (Å²) in [4.78, 5) is 26.2. The number of carbonyl (C=O) groups is 1. The minimum Gasteiger partial charge on any atom is -0.380 e. The Morgan fingerprint density at radius 1 is 1.26 bits per heavy atom. The molecule has 184 valence electrons. The van der Waals surface area contributed by atoms with Crippen LogP contribution in [-0.4, -0.2) is 84.8 Å². The van der Waals surface area contributed by atoms with E-state index in [1.807, 2.05) is 32.0 Å². The molecule has 9 nitrogen and oxygen atoms in total. The molecule has 1 aliphatic heterocycles. The largest absolute Gasteiger partial charge is 0.380 e. The van der Waals surface area contributed by atoms with Gasteiger partial charge in [-0.3, -0.25) is 9.69 Å². The second-order valence-corrected chi connectivity index (χ2v) is 8.89. The molecular weight excluding hydrogens is 452 g/mol. The topological polar surface area (TPSA) is 104 Å². The number of amides is 1. The zero-order valence-corrected chi connectivity index (χ0v) is 20.9. The molecule has 0 saturated carbocycles. The van der Waals surface area contributed by atoms with Crippen LogP contribution in [0.15, 0.2) is 23.6 Å². The first-order chi connectivity index (χ1) is 16.6. The number of anilines is 2. The van der Waals surface area contributed by atoms with Crippen molar-refractivity contribution in [3.63, 3.8) is 0 Å². The first-order valence-corrected chi connectivity index (χ1v) is 12.8. The van der Waals surface area contributed by atoms with Gasteiger partial charge in [0, 0.05) is 49.8 Å². The number of piperidine rings is 1. The third kappa shape index (κ3) is 7.74. The molecule has 1 atom stereocenters. The van der Waals surface area contributed by atoms with Crippen molar-refractivity contribution in [3.8, 4) is 6.07 Å². The third-order valence-electron chi connectivity index (χ3n) is 5.65. The molecule has 0 spiro atoms. The maximum Gasteiger partial charge on any atom is 0.273 e. The van der Waals surface area contributed by atoms with E-state index in [1.54, 1.807) is 10.3 Å². The normalized spacial score (nSPS) is 16.2. The van der Waals surface area contributed by atoms with Gasteiger partial charge in [0.1, 0.15) is 11.5 Å². The van der Waals surface area contributed by atoms with E-state index in [-0.39, 0.29) is 5.91 Å². The number of hydrogen-bond acceptors (Lipinski definition) is 9. The molecule has 10 heteroatoms. The van der Waals surface area contributed by atoms with E-state index in [9.17, 15) is 4.79 Å². The minimum absolute atomic E-state index is 0.134. The van der Waals surface area contributed by atoms with Crippen molar-refractivity contribution in [2.24, 2.45) is 0 Å². The van der Waals surface area contributed by atoms with Gasteiger partial charge in [0.05, 0.1) is 25.8 Å². The van der Waals surface area contributed by atoms with Crippen LogP contribution in [0.1, 0.15) is 48.8 Å². The van der Waals surface area contributed by atoms with Gasteiger partial charge in [-0.15, -0.1) is 11.3 Å². The van der Waals surface area contributed by atoms with Gasteiger partial charge in [-0.1, -0.05) is 6.07 Å². The maximum atomic E-state index is 13.0. The number of nitrogens with zero attached hydrogens (tertiary/aromatic N) is 5. The number of pyridine rings is 1. The molecule has 1 N–H and O–H groups in total. The summed E-state index contributed by atoms with van der Waals surface area (Å²) < 4.78 is 10.9. The zero-order chi connectivity index (χ0) is 24.2. The van der Waals surface area contributed by atoms with Gasteiger partial charge in [-0.25, -0.2) is 9.97 Å². The summed E-state index contributed by atoms with van der Waals surface area (Å²) in [6, 6.07) is 8.17. The number of likely N-dealkylation sites (tertiary alicyclic amines) is 1. The Morgan fingerprint density at radius 3 is 2.74 bits per heavy atom. The van der Waals surface area contributed by atoms with Gasteiger partial charge in [-0.05, 0) is 45.4 Å². The SMILES string of the molecule is CCOCCN(CCOCC)C(=O)c1csc(Nc2cccc(C3CCCN(CC#N)C3)n2)n1. The van der Waals surface area contributed by atoms with Crippen LogP contribution in [0, 0.1) is 11.3 Å². The predicted molar refractivity (Wildman–Crippen MR) is 133 cm³/mol. The summed E-state index contributed by atoms with van der Waals surface area (Å²) in [5, 5.41) is 14.6. The lowest BCUT2D eigenvalue weighted by Gasteiger charge is -2.30. The van der Waals surface area contributed by atoms with Crippen molar-refractivity contribution in [2.45, 2.75) is 32.6 Å². The summed E-state index contributed by atoms with van der Waals surface area (Å²) >= 11 is 1.38. The van der Waals surface area contributed by atoms with E-state index in [4.69, 9.17) is 19.7 Å². The monoisotopic (exact) mass is 486 g/mol. The Hall–Kier alpha value is -2.58.